The van der Waals surface area contributed by atoms with Gasteiger partial charge in [0.1, 0.15) is 12.2 Å². The predicted molar refractivity (Wildman–Crippen MR) is 144 cm³/mol. The minimum absolute atomic E-state index is 0.0186. The first-order chi connectivity index (χ1) is 18.6. The molecule has 11 nitrogen and oxygen atoms in total. The van der Waals surface area contributed by atoms with Crippen molar-refractivity contribution in [3.63, 3.8) is 0 Å². The molecule has 0 radical (unpaired) electrons. The van der Waals surface area contributed by atoms with E-state index in [9.17, 15) is 34.8 Å². The van der Waals surface area contributed by atoms with Crippen molar-refractivity contribution in [2.24, 2.45) is 39.2 Å². The predicted octanol–water partition coefficient (Wildman–Crippen LogP) is 1.17. The van der Waals surface area contributed by atoms with Gasteiger partial charge in [0.25, 0.3) is 5.91 Å². The maximum atomic E-state index is 12.6. The van der Waals surface area contributed by atoms with Gasteiger partial charge in [-0.3, -0.25) is 9.59 Å². The first-order valence-electron chi connectivity index (χ1n) is 14.2. The lowest BCUT2D eigenvalue weighted by Gasteiger charge is -2.60. The number of carboxylic acid groups (broad SMARTS) is 1. The highest BCUT2D eigenvalue weighted by Crippen LogP contribution is 2.67. The number of carboxylic acids is 1. The third kappa shape index (κ3) is 4.99. The smallest absolute Gasteiger partial charge is 0.333 e. The highest BCUT2D eigenvalue weighted by Gasteiger charge is 2.68. The Balaban J connectivity index is 1.41. The number of nitrogens with one attached hydrogen (secondary N) is 1. The van der Waals surface area contributed by atoms with E-state index in [0.29, 0.717) is 31.4 Å². The fraction of sp³-hybridized carbons (Fsp3) is 0.793. The van der Waals surface area contributed by atoms with Gasteiger partial charge in [-0.1, -0.05) is 38.4 Å². The van der Waals surface area contributed by atoms with Gasteiger partial charge >= 0.3 is 5.97 Å². The second-order valence-corrected chi connectivity index (χ2v) is 13.5. The van der Waals surface area contributed by atoms with Crippen molar-refractivity contribution in [1.82, 2.24) is 5.32 Å². The Kier molecular flexibility index (Phi) is 8.28. The summed E-state index contributed by atoms with van der Waals surface area (Å²) in [7, 11) is 0. The van der Waals surface area contributed by atoms with Crippen LogP contribution in [0.1, 0.15) is 72.6 Å². The molecule has 0 heterocycles. The van der Waals surface area contributed by atoms with Crippen molar-refractivity contribution in [2.45, 2.75) is 90.4 Å². The van der Waals surface area contributed by atoms with Crippen LogP contribution < -0.4 is 5.32 Å². The van der Waals surface area contributed by atoms with Crippen LogP contribution >= 0.6 is 0 Å². The van der Waals surface area contributed by atoms with Crippen LogP contribution in [0.25, 0.3) is 0 Å². The van der Waals surface area contributed by atoms with E-state index in [1.54, 1.807) is 13.8 Å². The standard InChI is InChI=1S/C29H44N2O9/c1-26(2,24(36)25(37)38)15-30-22(35)14-40-31-17-7-9-27(3)16(11-17)5-6-18-19-8-10-29(39,21(34)13-32)28(19,4)12-20(33)23(18)27/h11,18-20,23-24,32-33,36,39H,5-10,12-15H2,1-4H3,(H,30,35)(H,37,38)/b31-17+/t18?,19?,20?,23?,24?,27-,28-,29-/m0/s1. The normalized spacial score (nSPS) is 38.9. The number of nitrogens with zero attached hydrogens (tertiary/aromatic N) is 1. The number of carbonyl (C=O) groups excluding carboxylic acids is 2. The van der Waals surface area contributed by atoms with Crippen LogP contribution in [0.15, 0.2) is 16.8 Å². The summed E-state index contributed by atoms with van der Waals surface area (Å²) in [5, 5.41) is 57.9. The number of allylic oxidation sites excluding steroid dienone is 2. The van der Waals surface area contributed by atoms with E-state index in [0.717, 1.165) is 19.3 Å². The second kappa shape index (κ2) is 10.8. The van der Waals surface area contributed by atoms with Crippen LogP contribution in [-0.4, -0.2) is 86.5 Å². The molecule has 11 heteroatoms. The number of amides is 1. The average molecular weight is 565 g/mol. The highest BCUT2D eigenvalue weighted by molar-refractivity contribution is 5.96. The summed E-state index contributed by atoms with van der Waals surface area (Å²) in [6, 6.07) is 0. The van der Waals surface area contributed by atoms with E-state index >= 15 is 0 Å². The first kappa shape index (κ1) is 30.6. The van der Waals surface area contributed by atoms with Crippen LogP contribution in [0.2, 0.25) is 0 Å². The van der Waals surface area contributed by atoms with Gasteiger partial charge in [0, 0.05) is 17.4 Å². The Bertz CT molecular complexity index is 1100. The molecule has 4 aliphatic rings. The Morgan fingerprint density at radius 2 is 1.90 bits per heavy atom. The number of ketones is 1. The number of rotatable bonds is 9. The van der Waals surface area contributed by atoms with Gasteiger partial charge in [0.2, 0.25) is 0 Å². The molecule has 4 rings (SSSR count). The lowest BCUT2D eigenvalue weighted by Crippen LogP contribution is -2.62. The van der Waals surface area contributed by atoms with Gasteiger partial charge in [-0.15, -0.1) is 0 Å². The molecule has 3 fully saturated rings. The number of fused-ring (bicyclic) bond motifs is 5. The van der Waals surface area contributed by atoms with E-state index in [1.807, 2.05) is 13.0 Å². The third-order valence-electron chi connectivity index (χ3n) is 10.8. The van der Waals surface area contributed by atoms with Crippen molar-refractivity contribution >= 4 is 23.4 Å². The largest absolute Gasteiger partial charge is 0.479 e. The lowest BCUT2D eigenvalue weighted by atomic mass is 9.45. The van der Waals surface area contributed by atoms with Crippen LogP contribution in [0, 0.1) is 34.0 Å². The number of hydrogen-bond donors (Lipinski definition) is 6. The molecular formula is C29H44N2O9. The van der Waals surface area contributed by atoms with Crippen molar-refractivity contribution in [3.8, 4) is 0 Å². The lowest BCUT2D eigenvalue weighted by molar-refractivity contribution is -0.181. The summed E-state index contributed by atoms with van der Waals surface area (Å²) in [5.74, 6) is -2.18. The van der Waals surface area contributed by atoms with Gasteiger partial charge in [-0.05, 0) is 74.2 Å². The van der Waals surface area contributed by atoms with Gasteiger partial charge in [0.05, 0.1) is 11.8 Å². The highest BCUT2D eigenvalue weighted by atomic mass is 16.6. The monoisotopic (exact) mass is 564 g/mol. The zero-order valence-electron chi connectivity index (χ0n) is 23.9. The number of hydrogen-bond acceptors (Lipinski definition) is 9. The molecular weight excluding hydrogens is 520 g/mol. The summed E-state index contributed by atoms with van der Waals surface area (Å²) >= 11 is 0. The minimum Gasteiger partial charge on any atom is -0.479 e. The molecule has 40 heavy (non-hydrogen) atoms. The summed E-state index contributed by atoms with van der Waals surface area (Å²) in [5.41, 5.74) is -1.83. The minimum atomic E-state index is -1.62. The average Bonchev–Trinajstić information content (AvgIpc) is 3.17. The topological polar surface area (TPSA) is 186 Å². The summed E-state index contributed by atoms with van der Waals surface area (Å²) < 4.78 is 0. The van der Waals surface area contributed by atoms with Gasteiger partial charge in [-0.25, -0.2) is 4.79 Å². The second-order valence-electron chi connectivity index (χ2n) is 13.5. The zero-order valence-corrected chi connectivity index (χ0v) is 23.9. The Morgan fingerprint density at radius 3 is 2.55 bits per heavy atom. The molecule has 0 aromatic heterocycles. The summed E-state index contributed by atoms with van der Waals surface area (Å²) in [6.07, 6.45) is 3.96. The molecule has 4 aliphatic carbocycles. The zero-order chi connectivity index (χ0) is 29.7. The van der Waals surface area contributed by atoms with Crippen LogP contribution in [0.3, 0.4) is 0 Å². The fourth-order valence-corrected chi connectivity index (χ4v) is 8.35. The van der Waals surface area contributed by atoms with Crippen LogP contribution in [0.5, 0.6) is 0 Å². The summed E-state index contributed by atoms with van der Waals surface area (Å²) in [4.78, 5) is 41.1. The third-order valence-corrected chi connectivity index (χ3v) is 10.8. The van der Waals surface area contributed by atoms with Crippen molar-refractivity contribution in [2.75, 3.05) is 19.8 Å². The maximum Gasteiger partial charge on any atom is 0.333 e. The SMILES string of the molecule is CC(C)(CNC(=O)CO/N=C1/C=C2CCC3C(C(O)C[C@@]4(C)C3CC[C@]4(O)C(=O)CO)[C@@]2(C)CC1)C(O)C(=O)O. The molecule has 8 atom stereocenters. The molecule has 0 spiro atoms. The molecule has 5 unspecified atom stereocenters. The van der Waals surface area contributed by atoms with E-state index < -0.39 is 52.9 Å². The molecule has 0 aromatic rings. The van der Waals surface area contributed by atoms with Crippen molar-refractivity contribution in [1.29, 1.82) is 0 Å². The molecule has 1 amide bonds. The van der Waals surface area contributed by atoms with E-state index in [1.165, 1.54) is 5.57 Å². The maximum absolute atomic E-state index is 12.6. The molecule has 6 N–H and O–H groups in total. The number of aliphatic hydroxyl groups excluding tert-OH is 3. The molecule has 0 bridgehead atoms. The molecule has 0 aliphatic heterocycles. The van der Waals surface area contributed by atoms with Crippen LogP contribution in [0.4, 0.5) is 0 Å². The van der Waals surface area contributed by atoms with Crippen LogP contribution in [-0.2, 0) is 19.2 Å². The first-order valence-corrected chi connectivity index (χ1v) is 14.2. The van der Waals surface area contributed by atoms with E-state index in [4.69, 9.17) is 9.94 Å². The van der Waals surface area contributed by atoms with E-state index in [-0.39, 0.29) is 36.3 Å². The van der Waals surface area contributed by atoms with Crippen molar-refractivity contribution in [3.05, 3.63) is 11.6 Å². The fourth-order valence-electron chi connectivity index (χ4n) is 8.35. The Labute approximate surface area is 234 Å². The Hall–Kier alpha value is -2.34. The van der Waals surface area contributed by atoms with E-state index in [2.05, 4.69) is 17.4 Å². The van der Waals surface area contributed by atoms with Gasteiger partial charge in [-0.2, -0.15) is 0 Å². The quantitative estimate of drug-likeness (QED) is 0.224. The molecule has 224 valence electrons. The molecule has 0 aromatic carbocycles. The van der Waals surface area contributed by atoms with Gasteiger partial charge < -0.3 is 35.7 Å². The molecule has 3 saturated carbocycles. The molecule has 0 saturated heterocycles. The number of aliphatic carboxylic acids is 1. The number of carbonyl (C=O) groups is 3. The summed E-state index contributed by atoms with van der Waals surface area (Å²) in [6.45, 7) is 6.07. The van der Waals surface area contributed by atoms with Crippen molar-refractivity contribution < 1.29 is 44.8 Å². The number of Topliss-reactive ketones (excluding diaryl/α,β-unsaturated/α-hetero) is 1. The Morgan fingerprint density at radius 1 is 1.20 bits per heavy atom. The number of oxime groups is 1. The number of aliphatic hydroxyl groups is 4. The van der Waals surface area contributed by atoms with Gasteiger partial charge in [0.15, 0.2) is 18.5 Å².